The molecule has 1 aliphatic heterocycles. The van der Waals surface area contributed by atoms with Gasteiger partial charge in [0.25, 0.3) is 0 Å². The molecule has 0 aliphatic carbocycles. The molecule has 234 valence electrons. The Kier molecular flexibility index (Phi) is 8.40. The standard InChI is InChI=1S/C31H28F7N3O3/c1-15-8-20(32)6-7-21(15)22-12-24(23-13-26(43)40-27(23)16(2)42)39-14-25(22)41(5)28(44)29(3,4)17-9-18(30(33,34)35)11-19(10-17)31(36,37)38/h6-12,14,23,27H,13H2,1-5H3,(H,40,43). The molecule has 1 saturated heterocycles. The van der Waals surface area contributed by atoms with Gasteiger partial charge in [-0.25, -0.2) is 4.39 Å². The number of benzene rings is 2. The molecule has 0 saturated carbocycles. The molecule has 2 heterocycles. The highest BCUT2D eigenvalue weighted by atomic mass is 19.4. The number of anilines is 1. The van der Waals surface area contributed by atoms with Gasteiger partial charge in [0.1, 0.15) is 5.82 Å². The van der Waals surface area contributed by atoms with Crippen LogP contribution in [0.5, 0.6) is 0 Å². The van der Waals surface area contributed by atoms with Gasteiger partial charge in [0, 0.05) is 30.6 Å². The number of aromatic nitrogens is 1. The van der Waals surface area contributed by atoms with Gasteiger partial charge in [-0.05, 0) is 80.8 Å². The van der Waals surface area contributed by atoms with Gasteiger partial charge >= 0.3 is 12.4 Å². The van der Waals surface area contributed by atoms with Crippen molar-refractivity contribution in [2.75, 3.05) is 11.9 Å². The molecule has 4 rings (SSSR count). The molecule has 0 radical (unpaired) electrons. The summed E-state index contributed by atoms with van der Waals surface area (Å²) >= 11 is 0. The second-order valence-electron chi connectivity index (χ2n) is 11.3. The normalized spacial score (nSPS) is 17.4. The Morgan fingerprint density at radius 3 is 2.00 bits per heavy atom. The summed E-state index contributed by atoms with van der Waals surface area (Å²) in [6.45, 7) is 5.34. The van der Waals surface area contributed by atoms with Crippen molar-refractivity contribution in [2.45, 2.75) is 63.8 Å². The summed E-state index contributed by atoms with van der Waals surface area (Å²) in [5, 5.41) is 2.60. The minimum absolute atomic E-state index is 0.0111. The first-order chi connectivity index (χ1) is 20.2. The van der Waals surface area contributed by atoms with E-state index in [1.165, 1.54) is 52.2 Å². The summed E-state index contributed by atoms with van der Waals surface area (Å²) in [6, 6.07) is 5.56. The van der Waals surface area contributed by atoms with E-state index in [4.69, 9.17) is 0 Å². The topological polar surface area (TPSA) is 79.4 Å². The molecule has 1 aromatic heterocycles. The number of carbonyl (C=O) groups excluding carboxylic acids is 3. The van der Waals surface area contributed by atoms with Gasteiger partial charge in [-0.2, -0.15) is 26.3 Å². The molecule has 1 N–H and O–H groups in total. The number of halogens is 7. The highest BCUT2D eigenvalue weighted by molar-refractivity contribution is 6.03. The van der Waals surface area contributed by atoms with Crippen LogP contribution >= 0.6 is 0 Å². The van der Waals surface area contributed by atoms with Crippen molar-refractivity contribution < 1.29 is 45.1 Å². The molecule has 44 heavy (non-hydrogen) atoms. The molecule has 2 unspecified atom stereocenters. The number of carbonyl (C=O) groups is 3. The Hall–Kier alpha value is -4.29. The summed E-state index contributed by atoms with van der Waals surface area (Å²) in [5.74, 6) is -2.73. The van der Waals surface area contributed by atoms with E-state index < -0.39 is 58.1 Å². The zero-order valence-corrected chi connectivity index (χ0v) is 24.2. The number of amides is 2. The van der Waals surface area contributed by atoms with Crippen molar-refractivity contribution >= 4 is 23.3 Å². The Balaban J connectivity index is 1.85. The molecule has 13 heteroatoms. The lowest BCUT2D eigenvalue weighted by molar-refractivity contribution is -0.143. The third-order valence-corrected chi connectivity index (χ3v) is 7.83. The molecule has 1 aliphatic rings. The maximum Gasteiger partial charge on any atom is 0.416 e. The maximum absolute atomic E-state index is 14.0. The summed E-state index contributed by atoms with van der Waals surface area (Å²) in [6.07, 6.45) is -8.99. The van der Waals surface area contributed by atoms with Crippen LogP contribution in [0.4, 0.5) is 36.4 Å². The molecule has 2 aromatic carbocycles. The Morgan fingerprint density at radius 1 is 0.909 bits per heavy atom. The van der Waals surface area contributed by atoms with Crippen LogP contribution in [0.25, 0.3) is 11.1 Å². The smallest absolute Gasteiger partial charge is 0.346 e. The van der Waals surface area contributed by atoms with E-state index in [9.17, 15) is 45.1 Å². The first-order valence-electron chi connectivity index (χ1n) is 13.4. The van der Waals surface area contributed by atoms with E-state index in [0.29, 0.717) is 34.5 Å². The number of nitrogens with zero attached hydrogens (tertiary/aromatic N) is 2. The number of ketones is 1. The van der Waals surface area contributed by atoms with Crippen molar-refractivity contribution in [1.29, 1.82) is 0 Å². The Labute approximate surface area is 248 Å². The minimum atomic E-state index is -5.11. The lowest BCUT2D eigenvalue weighted by Crippen LogP contribution is -2.42. The van der Waals surface area contributed by atoms with Crippen LogP contribution in [0.2, 0.25) is 0 Å². The summed E-state index contributed by atoms with van der Waals surface area (Å²) in [4.78, 5) is 43.7. The highest BCUT2D eigenvalue weighted by Gasteiger charge is 2.42. The predicted octanol–water partition coefficient (Wildman–Crippen LogP) is 6.74. The average molecular weight is 624 g/mol. The molecule has 0 spiro atoms. The second kappa shape index (κ2) is 11.3. The lowest BCUT2D eigenvalue weighted by Gasteiger charge is -2.32. The van der Waals surface area contributed by atoms with Crippen LogP contribution in [-0.2, 0) is 32.2 Å². The Morgan fingerprint density at radius 2 is 1.48 bits per heavy atom. The molecule has 6 nitrogen and oxygen atoms in total. The van der Waals surface area contributed by atoms with Crippen LogP contribution in [0.3, 0.4) is 0 Å². The number of rotatable bonds is 6. The van der Waals surface area contributed by atoms with Gasteiger partial charge in [0.2, 0.25) is 11.8 Å². The number of alkyl halides is 6. The molecule has 2 amide bonds. The molecule has 2 atom stereocenters. The van der Waals surface area contributed by atoms with Crippen molar-refractivity contribution in [3.8, 4) is 11.1 Å². The predicted molar refractivity (Wildman–Crippen MR) is 147 cm³/mol. The van der Waals surface area contributed by atoms with E-state index in [1.54, 1.807) is 13.0 Å². The monoisotopic (exact) mass is 623 g/mol. The van der Waals surface area contributed by atoms with Crippen LogP contribution in [0.15, 0.2) is 48.7 Å². The lowest BCUT2D eigenvalue weighted by atomic mass is 9.81. The first kappa shape index (κ1) is 32.6. The molecule has 3 aromatic rings. The minimum Gasteiger partial charge on any atom is -0.346 e. The number of hydrogen-bond acceptors (Lipinski definition) is 4. The quantitative estimate of drug-likeness (QED) is 0.309. The van der Waals surface area contributed by atoms with Crippen molar-refractivity contribution in [3.63, 3.8) is 0 Å². The van der Waals surface area contributed by atoms with Gasteiger partial charge in [0.15, 0.2) is 5.78 Å². The maximum atomic E-state index is 14.0. The van der Waals surface area contributed by atoms with E-state index >= 15 is 0 Å². The van der Waals surface area contributed by atoms with Gasteiger partial charge in [-0.3, -0.25) is 19.4 Å². The zero-order valence-electron chi connectivity index (χ0n) is 24.2. The molecular formula is C31H28F7N3O3. The molecule has 1 fully saturated rings. The van der Waals surface area contributed by atoms with Crippen LogP contribution in [0, 0.1) is 12.7 Å². The third-order valence-electron chi connectivity index (χ3n) is 7.83. The van der Waals surface area contributed by atoms with Crippen molar-refractivity contribution in [1.82, 2.24) is 10.3 Å². The van der Waals surface area contributed by atoms with E-state index in [2.05, 4.69) is 10.3 Å². The largest absolute Gasteiger partial charge is 0.416 e. The van der Waals surface area contributed by atoms with Gasteiger partial charge < -0.3 is 10.2 Å². The van der Waals surface area contributed by atoms with Gasteiger partial charge in [0.05, 0.1) is 34.5 Å². The number of nitrogens with one attached hydrogen (secondary N) is 1. The van der Waals surface area contributed by atoms with E-state index in [0.717, 1.165) is 4.90 Å². The van der Waals surface area contributed by atoms with Crippen molar-refractivity contribution in [3.05, 3.63) is 82.4 Å². The molecule has 0 bridgehead atoms. The number of likely N-dealkylation sites (N-methyl/N-ethyl adjacent to an activating group) is 1. The molecular weight excluding hydrogens is 595 g/mol. The second-order valence-corrected chi connectivity index (χ2v) is 11.3. The number of aryl methyl sites for hydroxylation is 1. The van der Waals surface area contributed by atoms with E-state index in [1.807, 2.05) is 0 Å². The van der Waals surface area contributed by atoms with Gasteiger partial charge in [-0.15, -0.1) is 0 Å². The van der Waals surface area contributed by atoms with Crippen LogP contribution < -0.4 is 10.2 Å². The Bertz CT molecular complexity index is 1620. The van der Waals surface area contributed by atoms with Crippen LogP contribution in [0.1, 0.15) is 61.1 Å². The fraction of sp³-hybridized carbons (Fsp3) is 0.355. The first-order valence-corrected chi connectivity index (χ1v) is 13.4. The van der Waals surface area contributed by atoms with Gasteiger partial charge in [-0.1, -0.05) is 6.07 Å². The number of pyridine rings is 1. The third kappa shape index (κ3) is 6.31. The summed E-state index contributed by atoms with van der Waals surface area (Å²) in [5.41, 5.74) is -3.89. The highest BCUT2D eigenvalue weighted by Crippen LogP contribution is 2.41. The van der Waals surface area contributed by atoms with E-state index in [-0.39, 0.29) is 29.9 Å². The SMILES string of the molecule is CC(=O)C1NC(=O)CC1c1cc(-c2ccc(F)cc2C)c(N(C)C(=O)C(C)(C)c2cc(C(F)(F)F)cc(C(F)(F)F)c2)cn1. The van der Waals surface area contributed by atoms with Crippen molar-refractivity contribution in [2.24, 2.45) is 0 Å². The number of hydrogen-bond donors (Lipinski definition) is 1. The fourth-order valence-corrected chi connectivity index (χ4v) is 5.36. The summed E-state index contributed by atoms with van der Waals surface area (Å²) in [7, 11) is 1.29. The summed E-state index contributed by atoms with van der Waals surface area (Å²) < 4.78 is 95.5. The number of Topliss-reactive ketones (excluding diaryl/α,β-unsaturated/α-hetero) is 1. The average Bonchev–Trinajstić information content (AvgIpc) is 3.32. The van der Waals surface area contributed by atoms with Crippen LogP contribution in [-0.4, -0.2) is 35.7 Å². The fourth-order valence-electron chi connectivity index (χ4n) is 5.36. The zero-order chi connectivity index (χ0) is 32.9.